The Bertz CT molecular complexity index is 416. The van der Waals surface area contributed by atoms with Crippen LogP contribution in [-0.2, 0) is 0 Å². The van der Waals surface area contributed by atoms with E-state index >= 15 is 0 Å². The number of amides is 1. The lowest BCUT2D eigenvalue weighted by molar-refractivity contribution is 0.0921. The standard InChI is InChI=1S/C14H19IN2O/c1-10(11-5-4-8-16-9-11)17-14(18)12-6-2-3-7-13(12)15/h2-3,6-7,10-11,16H,4-5,8-9H2,1H3,(H,17,18). The van der Waals surface area contributed by atoms with E-state index < -0.39 is 0 Å². The van der Waals surface area contributed by atoms with Crippen LogP contribution in [0, 0.1) is 9.49 Å². The van der Waals surface area contributed by atoms with Gasteiger partial charge in [-0.15, -0.1) is 0 Å². The molecular formula is C14H19IN2O. The van der Waals surface area contributed by atoms with Crippen LogP contribution in [0.1, 0.15) is 30.1 Å². The molecule has 0 radical (unpaired) electrons. The molecule has 1 aliphatic heterocycles. The van der Waals surface area contributed by atoms with Gasteiger partial charge in [0, 0.05) is 9.61 Å². The molecule has 1 aromatic carbocycles. The summed E-state index contributed by atoms with van der Waals surface area (Å²) in [6.07, 6.45) is 2.40. The topological polar surface area (TPSA) is 41.1 Å². The lowest BCUT2D eigenvalue weighted by Gasteiger charge is -2.29. The molecule has 18 heavy (non-hydrogen) atoms. The summed E-state index contributed by atoms with van der Waals surface area (Å²) < 4.78 is 1.00. The number of rotatable bonds is 3. The first-order chi connectivity index (χ1) is 8.68. The van der Waals surface area contributed by atoms with Crippen LogP contribution in [0.4, 0.5) is 0 Å². The molecule has 1 amide bonds. The first-order valence-electron chi connectivity index (χ1n) is 6.44. The number of hydrogen-bond acceptors (Lipinski definition) is 2. The molecule has 3 nitrogen and oxygen atoms in total. The second-order valence-corrected chi connectivity index (χ2v) is 6.01. The summed E-state index contributed by atoms with van der Waals surface area (Å²) in [5.74, 6) is 0.585. The third-order valence-electron chi connectivity index (χ3n) is 3.52. The van der Waals surface area contributed by atoms with E-state index in [0.29, 0.717) is 5.92 Å². The van der Waals surface area contributed by atoms with Crippen LogP contribution >= 0.6 is 22.6 Å². The van der Waals surface area contributed by atoms with Gasteiger partial charge in [-0.2, -0.15) is 0 Å². The summed E-state index contributed by atoms with van der Waals surface area (Å²) in [5.41, 5.74) is 0.772. The fourth-order valence-electron chi connectivity index (χ4n) is 2.35. The number of nitrogens with one attached hydrogen (secondary N) is 2. The Morgan fingerprint density at radius 1 is 1.50 bits per heavy atom. The number of carbonyl (C=O) groups excluding carboxylic acids is 1. The van der Waals surface area contributed by atoms with Gasteiger partial charge in [-0.3, -0.25) is 4.79 Å². The van der Waals surface area contributed by atoms with Crippen molar-refractivity contribution in [1.82, 2.24) is 10.6 Å². The van der Waals surface area contributed by atoms with Crippen molar-refractivity contribution >= 4 is 28.5 Å². The maximum atomic E-state index is 12.2. The molecule has 98 valence electrons. The molecule has 2 unspecified atom stereocenters. The third kappa shape index (κ3) is 3.45. The molecule has 1 fully saturated rings. The average Bonchev–Trinajstić information content (AvgIpc) is 2.40. The molecule has 1 aliphatic rings. The molecule has 2 atom stereocenters. The molecule has 4 heteroatoms. The van der Waals surface area contributed by atoms with Crippen molar-refractivity contribution in [3.63, 3.8) is 0 Å². The van der Waals surface area contributed by atoms with Crippen molar-refractivity contribution < 1.29 is 4.79 Å². The number of piperidine rings is 1. The van der Waals surface area contributed by atoms with Crippen LogP contribution in [-0.4, -0.2) is 25.0 Å². The average molecular weight is 358 g/mol. The van der Waals surface area contributed by atoms with E-state index in [1.165, 1.54) is 12.8 Å². The van der Waals surface area contributed by atoms with Crippen LogP contribution in [0.3, 0.4) is 0 Å². The van der Waals surface area contributed by atoms with E-state index in [1.807, 2.05) is 24.3 Å². The quantitative estimate of drug-likeness (QED) is 0.815. The van der Waals surface area contributed by atoms with Crippen molar-refractivity contribution in [3.8, 4) is 0 Å². The van der Waals surface area contributed by atoms with E-state index in [0.717, 1.165) is 22.2 Å². The Hall–Kier alpha value is -0.620. The fraction of sp³-hybridized carbons (Fsp3) is 0.500. The van der Waals surface area contributed by atoms with Gasteiger partial charge in [0.1, 0.15) is 0 Å². The summed E-state index contributed by atoms with van der Waals surface area (Å²) in [6.45, 7) is 4.21. The van der Waals surface area contributed by atoms with Crippen molar-refractivity contribution in [3.05, 3.63) is 33.4 Å². The number of carbonyl (C=O) groups is 1. The van der Waals surface area contributed by atoms with Crippen molar-refractivity contribution in [1.29, 1.82) is 0 Å². The molecular weight excluding hydrogens is 339 g/mol. The highest BCUT2D eigenvalue weighted by Gasteiger charge is 2.22. The van der Waals surface area contributed by atoms with Gasteiger partial charge in [-0.05, 0) is 73.5 Å². The molecule has 0 aliphatic carbocycles. The minimum absolute atomic E-state index is 0.0399. The Kier molecular flexibility index (Phi) is 5.00. The summed E-state index contributed by atoms with van der Waals surface area (Å²) >= 11 is 2.20. The highest BCUT2D eigenvalue weighted by Crippen LogP contribution is 2.16. The van der Waals surface area contributed by atoms with Gasteiger partial charge in [0.15, 0.2) is 0 Å². The Morgan fingerprint density at radius 3 is 2.94 bits per heavy atom. The molecule has 1 heterocycles. The Morgan fingerprint density at radius 2 is 2.28 bits per heavy atom. The summed E-state index contributed by atoms with van der Waals surface area (Å²) in [5, 5.41) is 6.51. The SMILES string of the molecule is CC(NC(=O)c1ccccc1I)C1CCCNC1. The van der Waals surface area contributed by atoms with Crippen LogP contribution < -0.4 is 10.6 Å². The zero-order chi connectivity index (χ0) is 13.0. The highest BCUT2D eigenvalue weighted by molar-refractivity contribution is 14.1. The van der Waals surface area contributed by atoms with Gasteiger partial charge in [-0.1, -0.05) is 12.1 Å². The van der Waals surface area contributed by atoms with E-state index in [9.17, 15) is 4.79 Å². The second kappa shape index (κ2) is 6.52. The first kappa shape index (κ1) is 13.8. The minimum atomic E-state index is 0.0399. The monoisotopic (exact) mass is 358 g/mol. The number of halogens is 1. The molecule has 1 saturated heterocycles. The Balaban J connectivity index is 1.96. The molecule has 0 saturated carbocycles. The largest absolute Gasteiger partial charge is 0.349 e. The smallest absolute Gasteiger partial charge is 0.252 e. The molecule has 0 bridgehead atoms. The summed E-state index contributed by atoms with van der Waals surface area (Å²) in [4.78, 5) is 12.2. The molecule has 2 rings (SSSR count). The lowest BCUT2D eigenvalue weighted by atomic mass is 9.92. The van der Waals surface area contributed by atoms with E-state index in [2.05, 4.69) is 40.1 Å². The van der Waals surface area contributed by atoms with Gasteiger partial charge in [-0.25, -0.2) is 0 Å². The zero-order valence-corrected chi connectivity index (χ0v) is 12.7. The van der Waals surface area contributed by atoms with Crippen molar-refractivity contribution in [2.45, 2.75) is 25.8 Å². The van der Waals surface area contributed by atoms with E-state index in [4.69, 9.17) is 0 Å². The predicted octanol–water partition coefficient (Wildman–Crippen LogP) is 2.41. The molecule has 0 aromatic heterocycles. The van der Waals surface area contributed by atoms with Gasteiger partial charge < -0.3 is 10.6 Å². The Labute approximate surface area is 122 Å². The molecule has 2 N–H and O–H groups in total. The van der Waals surface area contributed by atoms with E-state index in [1.54, 1.807) is 0 Å². The third-order valence-corrected chi connectivity index (χ3v) is 4.46. The van der Waals surface area contributed by atoms with Crippen LogP contribution in [0.2, 0.25) is 0 Å². The van der Waals surface area contributed by atoms with Crippen LogP contribution in [0.5, 0.6) is 0 Å². The first-order valence-corrected chi connectivity index (χ1v) is 7.52. The fourth-order valence-corrected chi connectivity index (χ4v) is 2.99. The maximum absolute atomic E-state index is 12.2. The normalized spacial score (nSPS) is 21.3. The lowest BCUT2D eigenvalue weighted by Crippen LogP contribution is -2.44. The van der Waals surface area contributed by atoms with Crippen molar-refractivity contribution in [2.24, 2.45) is 5.92 Å². The van der Waals surface area contributed by atoms with Gasteiger partial charge in [0.05, 0.1) is 5.56 Å². The van der Waals surface area contributed by atoms with Gasteiger partial charge in [0.25, 0.3) is 5.91 Å². The minimum Gasteiger partial charge on any atom is -0.349 e. The predicted molar refractivity (Wildman–Crippen MR) is 81.7 cm³/mol. The zero-order valence-electron chi connectivity index (χ0n) is 10.6. The molecule has 0 spiro atoms. The summed E-state index contributed by atoms with van der Waals surface area (Å²) in [6, 6.07) is 7.92. The summed E-state index contributed by atoms with van der Waals surface area (Å²) in [7, 11) is 0. The van der Waals surface area contributed by atoms with Crippen molar-refractivity contribution in [2.75, 3.05) is 13.1 Å². The number of benzene rings is 1. The highest BCUT2D eigenvalue weighted by atomic mass is 127. The van der Waals surface area contributed by atoms with Crippen LogP contribution in [0.25, 0.3) is 0 Å². The van der Waals surface area contributed by atoms with E-state index in [-0.39, 0.29) is 11.9 Å². The maximum Gasteiger partial charge on any atom is 0.252 e. The van der Waals surface area contributed by atoms with Gasteiger partial charge in [0.2, 0.25) is 0 Å². The second-order valence-electron chi connectivity index (χ2n) is 4.85. The molecule has 1 aromatic rings. The van der Waals surface area contributed by atoms with Crippen LogP contribution in [0.15, 0.2) is 24.3 Å². The van der Waals surface area contributed by atoms with Gasteiger partial charge >= 0.3 is 0 Å². The number of hydrogen-bond donors (Lipinski definition) is 2.